The van der Waals surface area contributed by atoms with E-state index in [0.717, 1.165) is 6.07 Å². The topological polar surface area (TPSA) is 29.1 Å². The standard InChI is InChI=1S/C15H9ClFNO/c1-2-10-4-3-5-12(8-10)18-15(19)11-6-7-14(17)13(16)9-11/h1,3-9H,(H,18,19). The van der Waals surface area contributed by atoms with Crippen LogP contribution in [0.15, 0.2) is 42.5 Å². The number of halogens is 2. The van der Waals surface area contributed by atoms with Gasteiger partial charge in [-0.25, -0.2) is 4.39 Å². The zero-order valence-electron chi connectivity index (χ0n) is 9.78. The van der Waals surface area contributed by atoms with Crippen molar-refractivity contribution >= 4 is 23.2 Å². The summed E-state index contributed by atoms with van der Waals surface area (Å²) in [6.07, 6.45) is 5.28. The highest BCUT2D eigenvalue weighted by atomic mass is 35.5. The van der Waals surface area contributed by atoms with Gasteiger partial charge in [0, 0.05) is 16.8 Å². The van der Waals surface area contributed by atoms with Crippen LogP contribution in [0.1, 0.15) is 15.9 Å². The number of benzene rings is 2. The second kappa shape index (κ2) is 5.55. The van der Waals surface area contributed by atoms with Crippen LogP contribution in [0.5, 0.6) is 0 Å². The molecule has 0 saturated heterocycles. The van der Waals surface area contributed by atoms with Crippen LogP contribution in [-0.4, -0.2) is 5.91 Å². The number of carbonyl (C=O) groups excluding carboxylic acids is 1. The third kappa shape index (κ3) is 3.12. The lowest BCUT2D eigenvalue weighted by atomic mass is 10.2. The Morgan fingerprint density at radius 1 is 1.26 bits per heavy atom. The molecule has 1 amide bonds. The maximum Gasteiger partial charge on any atom is 0.255 e. The zero-order valence-corrected chi connectivity index (χ0v) is 10.5. The summed E-state index contributed by atoms with van der Waals surface area (Å²) in [5, 5.41) is 2.57. The average molecular weight is 274 g/mol. The van der Waals surface area contributed by atoms with E-state index in [9.17, 15) is 9.18 Å². The Kier molecular flexibility index (Phi) is 3.84. The Morgan fingerprint density at radius 3 is 2.74 bits per heavy atom. The third-order valence-corrected chi connectivity index (χ3v) is 2.76. The Labute approximate surface area is 115 Å². The van der Waals surface area contributed by atoms with Gasteiger partial charge < -0.3 is 5.32 Å². The molecule has 19 heavy (non-hydrogen) atoms. The van der Waals surface area contributed by atoms with Crippen molar-refractivity contribution in [3.05, 3.63) is 64.4 Å². The number of hydrogen-bond acceptors (Lipinski definition) is 1. The Hall–Kier alpha value is -2.31. The van der Waals surface area contributed by atoms with Crippen molar-refractivity contribution in [1.29, 1.82) is 0 Å². The van der Waals surface area contributed by atoms with E-state index < -0.39 is 5.82 Å². The largest absolute Gasteiger partial charge is 0.322 e. The number of rotatable bonds is 2. The predicted molar refractivity (Wildman–Crippen MR) is 73.7 cm³/mol. The number of nitrogens with one attached hydrogen (secondary N) is 1. The van der Waals surface area contributed by atoms with Crippen LogP contribution in [0, 0.1) is 18.2 Å². The molecule has 4 heteroatoms. The minimum absolute atomic E-state index is 0.0926. The highest BCUT2D eigenvalue weighted by Gasteiger charge is 2.09. The first-order chi connectivity index (χ1) is 9.10. The fraction of sp³-hybridized carbons (Fsp3) is 0. The highest BCUT2D eigenvalue weighted by Crippen LogP contribution is 2.17. The van der Waals surface area contributed by atoms with Gasteiger partial charge in [-0.3, -0.25) is 4.79 Å². The van der Waals surface area contributed by atoms with Crippen LogP contribution in [0.25, 0.3) is 0 Å². The molecule has 0 unspecified atom stereocenters. The highest BCUT2D eigenvalue weighted by molar-refractivity contribution is 6.31. The van der Waals surface area contributed by atoms with E-state index in [0.29, 0.717) is 11.3 Å². The monoisotopic (exact) mass is 273 g/mol. The van der Waals surface area contributed by atoms with Gasteiger partial charge in [0.1, 0.15) is 5.82 Å². The van der Waals surface area contributed by atoms with E-state index in [4.69, 9.17) is 18.0 Å². The molecular weight excluding hydrogens is 265 g/mol. The maximum absolute atomic E-state index is 13.0. The first-order valence-corrected chi connectivity index (χ1v) is 5.81. The molecule has 0 radical (unpaired) electrons. The molecular formula is C15H9ClFNO. The second-order valence-corrected chi connectivity index (χ2v) is 4.22. The Bertz CT molecular complexity index is 676. The van der Waals surface area contributed by atoms with Crippen molar-refractivity contribution in [2.24, 2.45) is 0 Å². The lowest BCUT2D eigenvalue weighted by Gasteiger charge is -2.06. The van der Waals surface area contributed by atoms with Crippen LogP contribution >= 0.6 is 11.6 Å². The smallest absolute Gasteiger partial charge is 0.255 e. The third-order valence-electron chi connectivity index (χ3n) is 2.47. The minimum atomic E-state index is -0.562. The molecule has 2 nitrogen and oxygen atoms in total. The van der Waals surface area contributed by atoms with Crippen molar-refractivity contribution in [2.45, 2.75) is 0 Å². The average Bonchev–Trinajstić information content (AvgIpc) is 2.42. The van der Waals surface area contributed by atoms with Gasteiger partial charge in [0.2, 0.25) is 0 Å². The molecule has 2 aromatic carbocycles. The van der Waals surface area contributed by atoms with Gasteiger partial charge in [-0.05, 0) is 36.4 Å². The molecule has 0 heterocycles. The van der Waals surface area contributed by atoms with Crippen molar-refractivity contribution in [3.8, 4) is 12.3 Å². The molecule has 0 aromatic heterocycles. The SMILES string of the molecule is C#Cc1cccc(NC(=O)c2ccc(F)c(Cl)c2)c1. The van der Waals surface area contributed by atoms with Gasteiger partial charge in [0.05, 0.1) is 5.02 Å². The summed E-state index contributed by atoms with van der Waals surface area (Å²) in [5.41, 5.74) is 1.51. The van der Waals surface area contributed by atoms with Crippen LogP contribution in [0.2, 0.25) is 5.02 Å². The zero-order chi connectivity index (χ0) is 13.8. The van der Waals surface area contributed by atoms with Gasteiger partial charge in [0.15, 0.2) is 0 Å². The molecule has 0 spiro atoms. The molecule has 0 aliphatic rings. The summed E-state index contributed by atoms with van der Waals surface area (Å²) >= 11 is 5.63. The molecule has 94 valence electrons. The quantitative estimate of drug-likeness (QED) is 0.831. The summed E-state index contributed by atoms with van der Waals surface area (Å²) < 4.78 is 13.0. The lowest BCUT2D eigenvalue weighted by Crippen LogP contribution is -2.12. The van der Waals surface area contributed by atoms with Crippen LogP contribution in [0.4, 0.5) is 10.1 Å². The maximum atomic E-state index is 13.0. The minimum Gasteiger partial charge on any atom is -0.322 e. The summed E-state index contributed by atoms with van der Waals surface area (Å²) in [5.74, 6) is 1.53. The van der Waals surface area contributed by atoms with Gasteiger partial charge >= 0.3 is 0 Å². The summed E-state index contributed by atoms with van der Waals surface area (Å²) in [7, 11) is 0. The van der Waals surface area contributed by atoms with Gasteiger partial charge in [0.25, 0.3) is 5.91 Å². The fourth-order valence-corrected chi connectivity index (χ4v) is 1.71. The lowest BCUT2D eigenvalue weighted by molar-refractivity contribution is 0.102. The molecule has 1 N–H and O–H groups in total. The van der Waals surface area contributed by atoms with Crippen molar-refractivity contribution < 1.29 is 9.18 Å². The van der Waals surface area contributed by atoms with Crippen molar-refractivity contribution in [1.82, 2.24) is 0 Å². The molecule has 0 atom stereocenters. The van der Waals surface area contributed by atoms with E-state index >= 15 is 0 Å². The molecule has 0 fully saturated rings. The number of terminal acetylenes is 1. The van der Waals surface area contributed by atoms with Gasteiger partial charge in [-0.1, -0.05) is 23.6 Å². The van der Waals surface area contributed by atoms with Crippen LogP contribution < -0.4 is 5.32 Å². The van der Waals surface area contributed by atoms with E-state index in [1.807, 2.05) is 0 Å². The first kappa shape index (κ1) is 13.1. The fourth-order valence-electron chi connectivity index (χ4n) is 1.53. The summed E-state index contributed by atoms with van der Waals surface area (Å²) in [4.78, 5) is 11.9. The first-order valence-electron chi connectivity index (χ1n) is 5.43. The van der Waals surface area contributed by atoms with Crippen molar-refractivity contribution in [3.63, 3.8) is 0 Å². The van der Waals surface area contributed by atoms with E-state index in [1.165, 1.54) is 12.1 Å². The van der Waals surface area contributed by atoms with E-state index in [2.05, 4.69) is 11.2 Å². The summed E-state index contributed by atoms with van der Waals surface area (Å²) in [6, 6.07) is 10.7. The molecule has 0 bridgehead atoms. The number of hydrogen-bond donors (Lipinski definition) is 1. The van der Waals surface area contributed by atoms with E-state index in [1.54, 1.807) is 24.3 Å². The van der Waals surface area contributed by atoms with Crippen molar-refractivity contribution in [2.75, 3.05) is 5.32 Å². The molecule has 0 aliphatic carbocycles. The van der Waals surface area contributed by atoms with Crippen LogP contribution in [-0.2, 0) is 0 Å². The number of carbonyl (C=O) groups is 1. The molecule has 0 aliphatic heterocycles. The Morgan fingerprint density at radius 2 is 2.05 bits per heavy atom. The van der Waals surface area contributed by atoms with E-state index in [-0.39, 0.29) is 16.5 Å². The number of amides is 1. The predicted octanol–water partition coefficient (Wildman–Crippen LogP) is 3.71. The van der Waals surface area contributed by atoms with Crippen LogP contribution in [0.3, 0.4) is 0 Å². The van der Waals surface area contributed by atoms with Gasteiger partial charge in [-0.15, -0.1) is 6.42 Å². The summed E-state index contributed by atoms with van der Waals surface area (Å²) in [6.45, 7) is 0. The molecule has 2 aromatic rings. The van der Waals surface area contributed by atoms with Gasteiger partial charge in [-0.2, -0.15) is 0 Å². The Balaban J connectivity index is 2.21. The second-order valence-electron chi connectivity index (χ2n) is 3.81. The molecule has 2 rings (SSSR count). The number of anilines is 1. The normalized spacial score (nSPS) is 9.74. The molecule has 0 saturated carbocycles.